The van der Waals surface area contributed by atoms with Gasteiger partial charge in [-0.05, 0) is 32.5 Å². The summed E-state index contributed by atoms with van der Waals surface area (Å²) < 4.78 is 0. The van der Waals surface area contributed by atoms with Crippen molar-refractivity contribution in [3.63, 3.8) is 0 Å². The van der Waals surface area contributed by atoms with Crippen molar-refractivity contribution in [2.24, 2.45) is 0 Å². The molecular weight excluding hydrogens is 148 g/mol. The maximum atomic E-state index is 4.47. The van der Waals surface area contributed by atoms with Gasteiger partial charge in [0.2, 0.25) is 0 Å². The number of nitrogens with zero attached hydrogens (tertiary/aromatic N) is 1. The summed E-state index contributed by atoms with van der Waals surface area (Å²) in [7, 11) is 1.96. The average molecular weight is 164 g/mol. The van der Waals surface area contributed by atoms with Crippen LogP contribution in [-0.2, 0) is 6.42 Å². The molecule has 1 rings (SSSR count). The zero-order chi connectivity index (χ0) is 8.97. The zero-order valence-electron chi connectivity index (χ0n) is 8.02. The third-order valence-corrected chi connectivity index (χ3v) is 2.04. The van der Waals surface area contributed by atoms with E-state index >= 15 is 0 Å². The number of rotatable bonds is 3. The molecule has 1 aromatic heterocycles. The van der Waals surface area contributed by atoms with Gasteiger partial charge in [-0.15, -0.1) is 0 Å². The molecule has 0 amide bonds. The normalized spacial score (nSPS) is 10.2. The lowest BCUT2D eigenvalue weighted by molar-refractivity contribution is 0.773. The molecular formula is C10H16N2. The Morgan fingerprint density at radius 2 is 2.08 bits per heavy atom. The lowest BCUT2D eigenvalue weighted by atomic mass is 10.2. The molecule has 2 nitrogen and oxygen atoms in total. The second kappa shape index (κ2) is 4.21. The second-order valence-electron chi connectivity index (χ2n) is 3.06. The SMILES string of the molecule is CNCCc1ccc(C)c(C)n1. The predicted octanol–water partition coefficient (Wildman–Crippen LogP) is 1.46. The maximum Gasteiger partial charge on any atom is 0.0419 e. The van der Waals surface area contributed by atoms with Gasteiger partial charge in [-0.3, -0.25) is 4.98 Å². The number of aromatic nitrogens is 1. The first-order valence-corrected chi connectivity index (χ1v) is 4.32. The Morgan fingerprint density at radius 3 is 2.67 bits per heavy atom. The molecule has 0 bridgehead atoms. The van der Waals surface area contributed by atoms with Crippen LogP contribution in [0.3, 0.4) is 0 Å². The summed E-state index contributed by atoms with van der Waals surface area (Å²) in [4.78, 5) is 4.47. The highest BCUT2D eigenvalue weighted by Crippen LogP contribution is 2.04. The molecule has 0 spiro atoms. The smallest absolute Gasteiger partial charge is 0.0419 e. The fourth-order valence-corrected chi connectivity index (χ4v) is 1.07. The summed E-state index contributed by atoms with van der Waals surface area (Å²) in [6.07, 6.45) is 1.01. The highest BCUT2D eigenvalue weighted by molar-refractivity contribution is 5.20. The Labute approximate surface area is 74.0 Å². The number of hydrogen-bond acceptors (Lipinski definition) is 2. The van der Waals surface area contributed by atoms with Gasteiger partial charge in [0.15, 0.2) is 0 Å². The van der Waals surface area contributed by atoms with Crippen LogP contribution in [-0.4, -0.2) is 18.6 Å². The van der Waals surface area contributed by atoms with Gasteiger partial charge < -0.3 is 5.32 Å². The molecule has 0 aliphatic rings. The maximum absolute atomic E-state index is 4.47. The Bertz CT molecular complexity index is 256. The van der Waals surface area contributed by atoms with Gasteiger partial charge in [0.1, 0.15) is 0 Å². The van der Waals surface area contributed by atoms with Crippen LogP contribution in [0.1, 0.15) is 17.0 Å². The van der Waals surface area contributed by atoms with Gasteiger partial charge in [0, 0.05) is 24.4 Å². The summed E-state index contributed by atoms with van der Waals surface area (Å²) in [6.45, 7) is 5.14. The van der Waals surface area contributed by atoms with E-state index in [1.54, 1.807) is 0 Å². The molecule has 0 unspecified atom stereocenters. The van der Waals surface area contributed by atoms with Crippen molar-refractivity contribution in [1.82, 2.24) is 10.3 Å². The van der Waals surface area contributed by atoms with Crippen molar-refractivity contribution in [3.05, 3.63) is 29.1 Å². The van der Waals surface area contributed by atoms with Crippen LogP contribution in [0.15, 0.2) is 12.1 Å². The van der Waals surface area contributed by atoms with Gasteiger partial charge in [-0.25, -0.2) is 0 Å². The van der Waals surface area contributed by atoms with Crippen LogP contribution < -0.4 is 5.32 Å². The Hall–Kier alpha value is -0.890. The molecule has 0 aliphatic carbocycles. The first kappa shape index (κ1) is 9.20. The van der Waals surface area contributed by atoms with E-state index in [1.165, 1.54) is 11.3 Å². The fraction of sp³-hybridized carbons (Fsp3) is 0.500. The van der Waals surface area contributed by atoms with Crippen molar-refractivity contribution in [1.29, 1.82) is 0 Å². The summed E-state index contributed by atoms with van der Waals surface area (Å²) in [5, 5.41) is 3.11. The van der Waals surface area contributed by atoms with Gasteiger partial charge in [0.05, 0.1) is 0 Å². The lowest BCUT2D eigenvalue weighted by Crippen LogP contribution is -2.11. The van der Waals surface area contributed by atoms with Crippen molar-refractivity contribution in [2.75, 3.05) is 13.6 Å². The van der Waals surface area contributed by atoms with Gasteiger partial charge >= 0.3 is 0 Å². The van der Waals surface area contributed by atoms with E-state index in [9.17, 15) is 0 Å². The van der Waals surface area contributed by atoms with E-state index in [1.807, 2.05) is 7.05 Å². The number of nitrogens with one attached hydrogen (secondary N) is 1. The lowest BCUT2D eigenvalue weighted by Gasteiger charge is -2.03. The van der Waals surface area contributed by atoms with E-state index in [0.717, 1.165) is 18.7 Å². The van der Waals surface area contributed by atoms with Crippen LogP contribution in [0.2, 0.25) is 0 Å². The van der Waals surface area contributed by atoms with E-state index in [4.69, 9.17) is 0 Å². The molecule has 0 fully saturated rings. The molecule has 66 valence electrons. The average Bonchev–Trinajstić information content (AvgIpc) is 2.07. The van der Waals surface area contributed by atoms with Crippen molar-refractivity contribution < 1.29 is 0 Å². The highest BCUT2D eigenvalue weighted by atomic mass is 14.8. The van der Waals surface area contributed by atoms with E-state index in [2.05, 4.69) is 36.3 Å². The predicted molar refractivity (Wildman–Crippen MR) is 51.3 cm³/mol. The largest absolute Gasteiger partial charge is 0.319 e. The second-order valence-corrected chi connectivity index (χ2v) is 3.06. The van der Waals surface area contributed by atoms with Crippen LogP contribution >= 0.6 is 0 Å². The van der Waals surface area contributed by atoms with Crippen LogP contribution in [0.25, 0.3) is 0 Å². The number of pyridine rings is 1. The monoisotopic (exact) mass is 164 g/mol. The van der Waals surface area contributed by atoms with Crippen molar-refractivity contribution >= 4 is 0 Å². The van der Waals surface area contributed by atoms with Crippen LogP contribution in [0, 0.1) is 13.8 Å². The van der Waals surface area contributed by atoms with Crippen molar-refractivity contribution in [3.8, 4) is 0 Å². The Kier molecular flexibility index (Phi) is 3.23. The Balaban J connectivity index is 2.69. The van der Waals surface area contributed by atoms with E-state index < -0.39 is 0 Å². The standard InChI is InChI=1S/C10H16N2/c1-8-4-5-10(6-7-11-3)12-9(8)2/h4-5,11H,6-7H2,1-3H3. The third-order valence-electron chi connectivity index (χ3n) is 2.04. The van der Waals surface area contributed by atoms with Crippen molar-refractivity contribution in [2.45, 2.75) is 20.3 Å². The van der Waals surface area contributed by atoms with Gasteiger partial charge in [0.25, 0.3) is 0 Å². The molecule has 0 aromatic carbocycles. The first-order valence-electron chi connectivity index (χ1n) is 4.32. The Morgan fingerprint density at radius 1 is 1.33 bits per heavy atom. The molecule has 0 radical (unpaired) electrons. The van der Waals surface area contributed by atoms with Crippen LogP contribution in [0.4, 0.5) is 0 Å². The van der Waals surface area contributed by atoms with E-state index in [-0.39, 0.29) is 0 Å². The fourth-order valence-electron chi connectivity index (χ4n) is 1.07. The molecule has 2 heteroatoms. The molecule has 1 aromatic rings. The molecule has 1 N–H and O–H groups in total. The summed E-state index contributed by atoms with van der Waals surface area (Å²) >= 11 is 0. The minimum absolute atomic E-state index is 0.996. The zero-order valence-corrected chi connectivity index (χ0v) is 8.02. The molecule has 1 heterocycles. The number of likely N-dealkylation sites (N-methyl/N-ethyl adjacent to an activating group) is 1. The first-order chi connectivity index (χ1) is 5.74. The highest BCUT2D eigenvalue weighted by Gasteiger charge is 1.96. The summed E-state index contributed by atoms with van der Waals surface area (Å²) in [6, 6.07) is 4.23. The molecule has 0 saturated heterocycles. The topological polar surface area (TPSA) is 24.9 Å². The molecule has 0 atom stereocenters. The van der Waals surface area contributed by atoms with Gasteiger partial charge in [-0.1, -0.05) is 6.07 Å². The molecule has 0 saturated carbocycles. The third kappa shape index (κ3) is 2.31. The van der Waals surface area contributed by atoms with Gasteiger partial charge in [-0.2, -0.15) is 0 Å². The molecule has 12 heavy (non-hydrogen) atoms. The van der Waals surface area contributed by atoms with E-state index in [0.29, 0.717) is 0 Å². The molecule has 0 aliphatic heterocycles. The minimum atomic E-state index is 0.996. The summed E-state index contributed by atoms with van der Waals surface area (Å²) in [5.41, 5.74) is 3.58. The minimum Gasteiger partial charge on any atom is -0.319 e. The van der Waals surface area contributed by atoms with Crippen LogP contribution in [0.5, 0.6) is 0 Å². The quantitative estimate of drug-likeness (QED) is 0.731. The summed E-state index contributed by atoms with van der Waals surface area (Å²) in [5.74, 6) is 0. The number of aryl methyl sites for hydroxylation is 2. The number of hydrogen-bond donors (Lipinski definition) is 1.